The van der Waals surface area contributed by atoms with Crippen LogP contribution in [0, 0.1) is 0 Å². The zero-order chi connectivity index (χ0) is 16.4. The molecular weight excluding hydrogens is 290 g/mol. The molecule has 2 aromatic carbocycles. The van der Waals surface area contributed by atoms with Crippen LogP contribution < -0.4 is 10.3 Å². The van der Waals surface area contributed by atoms with Gasteiger partial charge in [-0.15, -0.1) is 0 Å². The zero-order valence-corrected chi connectivity index (χ0v) is 13.2. The largest absolute Gasteiger partial charge is 0.319 e. The first-order valence-corrected chi connectivity index (χ1v) is 7.58. The minimum absolute atomic E-state index is 0.285. The summed E-state index contributed by atoms with van der Waals surface area (Å²) < 4.78 is 0. The van der Waals surface area contributed by atoms with E-state index in [0.717, 1.165) is 18.7 Å². The fourth-order valence-corrected chi connectivity index (χ4v) is 2.71. The number of amides is 2. The minimum Gasteiger partial charge on any atom is -0.319 e. The van der Waals surface area contributed by atoms with Crippen molar-refractivity contribution in [2.24, 2.45) is 0 Å². The molecule has 1 aliphatic heterocycles. The molecule has 0 unspecified atom stereocenters. The molecule has 0 fully saturated rings. The molecule has 0 saturated carbocycles. The first kappa shape index (κ1) is 15.2. The van der Waals surface area contributed by atoms with Gasteiger partial charge in [-0.25, -0.2) is 0 Å². The number of imide groups is 1. The molecule has 0 aromatic heterocycles. The van der Waals surface area contributed by atoms with E-state index < -0.39 is 0 Å². The summed E-state index contributed by atoms with van der Waals surface area (Å²) in [5, 5.41) is 5.90. The molecule has 5 nitrogen and oxygen atoms in total. The second-order valence-corrected chi connectivity index (χ2v) is 5.51. The van der Waals surface area contributed by atoms with Gasteiger partial charge in [0.2, 0.25) is 0 Å². The van der Waals surface area contributed by atoms with Crippen LogP contribution in [-0.2, 0) is 6.42 Å². The molecule has 2 amide bonds. The number of fused-ring (bicyclic) bond motifs is 1. The van der Waals surface area contributed by atoms with Crippen LogP contribution in [0.2, 0.25) is 0 Å². The number of nitrogens with one attached hydrogen (secondary N) is 1. The molecule has 1 N–H and O–H groups in total. The molecule has 0 bridgehead atoms. The highest BCUT2D eigenvalue weighted by atomic mass is 16.2. The summed E-state index contributed by atoms with van der Waals surface area (Å²) >= 11 is 0. The molecule has 1 heterocycles. The van der Waals surface area contributed by atoms with Crippen LogP contribution in [0.15, 0.2) is 48.5 Å². The highest BCUT2D eigenvalue weighted by Gasteiger charge is 2.38. The van der Waals surface area contributed by atoms with Crippen LogP contribution in [0.4, 0.5) is 5.69 Å². The Kier molecular flexibility index (Phi) is 4.12. The molecule has 118 valence electrons. The van der Waals surface area contributed by atoms with Gasteiger partial charge in [-0.1, -0.05) is 24.3 Å². The number of hydrazine groups is 1. The molecular formula is C18H19N3O2. The third-order valence-corrected chi connectivity index (χ3v) is 4.05. The monoisotopic (exact) mass is 309 g/mol. The van der Waals surface area contributed by atoms with Gasteiger partial charge in [0.15, 0.2) is 0 Å². The smallest absolute Gasteiger partial charge is 0.280 e. The van der Waals surface area contributed by atoms with Crippen LogP contribution in [0.25, 0.3) is 0 Å². The van der Waals surface area contributed by atoms with Crippen molar-refractivity contribution in [1.29, 1.82) is 0 Å². The third-order valence-electron chi connectivity index (χ3n) is 4.05. The predicted molar refractivity (Wildman–Crippen MR) is 89.4 cm³/mol. The van der Waals surface area contributed by atoms with Gasteiger partial charge >= 0.3 is 0 Å². The maximum atomic E-state index is 12.5. The lowest BCUT2D eigenvalue weighted by atomic mass is 10.1. The molecule has 23 heavy (non-hydrogen) atoms. The van der Waals surface area contributed by atoms with Gasteiger partial charge < -0.3 is 5.32 Å². The molecule has 1 aliphatic rings. The maximum Gasteiger partial charge on any atom is 0.280 e. The lowest BCUT2D eigenvalue weighted by Gasteiger charge is -2.28. The van der Waals surface area contributed by atoms with E-state index in [1.165, 1.54) is 10.6 Å². The van der Waals surface area contributed by atoms with E-state index >= 15 is 0 Å². The normalized spacial score (nSPS) is 13.4. The minimum atomic E-state index is -0.285. The number of benzene rings is 2. The van der Waals surface area contributed by atoms with Gasteiger partial charge in [-0.3, -0.25) is 14.6 Å². The SMILES string of the molecule is CNCCc1ccc(N(C)N2C(=O)c3ccccc3C2=O)cc1. The lowest BCUT2D eigenvalue weighted by Crippen LogP contribution is -2.44. The van der Waals surface area contributed by atoms with E-state index in [2.05, 4.69) is 5.32 Å². The van der Waals surface area contributed by atoms with Crippen molar-refractivity contribution in [3.05, 3.63) is 65.2 Å². The Balaban J connectivity index is 1.82. The Labute approximate surface area is 135 Å². The number of hydrogen-bond donors (Lipinski definition) is 1. The number of nitrogens with zero attached hydrogens (tertiary/aromatic N) is 2. The van der Waals surface area contributed by atoms with Crippen molar-refractivity contribution in [1.82, 2.24) is 10.3 Å². The van der Waals surface area contributed by atoms with Crippen molar-refractivity contribution < 1.29 is 9.59 Å². The zero-order valence-electron chi connectivity index (χ0n) is 13.2. The fraction of sp³-hybridized carbons (Fsp3) is 0.222. The highest BCUT2D eigenvalue weighted by molar-refractivity contribution is 6.22. The van der Waals surface area contributed by atoms with Crippen molar-refractivity contribution in [2.45, 2.75) is 6.42 Å². The number of carbonyl (C=O) groups excluding carboxylic acids is 2. The summed E-state index contributed by atoms with van der Waals surface area (Å²) in [4.78, 5) is 25.0. The van der Waals surface area contributed by atoms with Gasteiger partial charge in [0, 0.05) is 7.05 Å². The van der Waals surface area contributed by atoms with E-state index in [1.54, 1.807) is 36.3 Å². The lowest BCUT2D eigenvalue weighted by molar-refractivity contribution is 0.0644. The number of likely N-dealkylation sites (N-methyl/N-ethyl adjacent to an activating group) is 1. The van der Waals surface area contributed by atoms with E-state index in [0.29, 0.717) is 11.1 Å². The molecule has 2 aromatic rings. The number of rotatable bonds is 5. The first-order valence-electron chi connectivity index (χ1n) is 7.58. The first-order chi connectivity index (χ1) is 11.1. The fourth-order valence-electron chi connectivity index (χ4n) is 2.71. The number of carbonyl (C=O) groups is 2. The van der Waals surface area contributed by atoms with Crippen LogP contribution >= 0.6 is 0 Å². The highest BCUT2D eigenvalue weighted by Crippen LogP contribution is 2.26. The Bertz CT molecular complexity index is 705. The van der Waals surface area contributed by atoms with E-state index in [-0.39, 0.29) is 11.8 Å². The predicted octanol–water partition coefficient (Wildman–Crippen LogP) is 2.10. The molecule has 5 heteroatoms. The Morgan fingerprint density at radius 1 is 0.957 bits per heavy atom. The van der Waals surface area contributed by atoms with Crippen molar-refractivity contribution in [3.8, 4) is 0 Å². The van der Waals surface area contributed by atoms with E-state index in [1.807, 2.05) is 31.3 Å². The topological polar surface area (TPSA) is 52.6 Å². The summed E-state index contributed by atoms with van der Waals surface area (Å²) in [6.45, 7) is 0.910. The second kappa shape index (κ2) is 6.22. The maximum absolute atomic E-state index is 12.5. The van der Waals surface area contributed by atoms with Crippen molar-refractivity contribution in [2.75, 3.05) is 25.6 Å². The summed E-state index contributed by atoms with van der Waals surface area (Å²) in [6, 6.07) is 14.8. The number of anilines is 1. The van der Waals surface area contributed by atoms with Gasteiger partial charge in [0.05, 0.1) is 16.8 Å². The van der Waals surface area contributed by atoms with Crippen LogP contribution in [0.5, 0.6) is 0 Å². The molecule has 0 spiro atoms. The van der Waals surface area contributed by atoms with E-state index in [9.17, 15) is 9.59 Å². The third kappa shape index (κ3) is 2.71. The van der Waals surface area contributed by atoms with Gasteiger partial charge in [-0.2, -0.15) is 5.01 Å². The summed E-state index contributed by atoms with van der Waals surface area (Å²) in [6.07, 6.45) is 0.938. The van der Waals surface area contributed by atoms with Crippen LogP contribution in [-0.4, -0.2) is 37.5 Å². The second-order valence-electron chi connectivity index (χ2n) is 5.51. The Morgan fingerprint density at radius 2 is 1.52 bits per heavy atom. The van der Waals surface area contributed by atoms with Crippen molar-refractivity contribution >= 4 is 17.5 Å². The van der Waals surface area contributed by atoms with Crippen LogP contribution in [0.1, 0.15) is 26.3 Å². The average molecular weight is 309 g/mol. The molecule has 0 saturated heterocycles. The Morgan fingerprint density at radius 3 is 2.04 bits per heavy atom. The summed E-state index contributed by atoms with van der Waals surface area (Å²) in [5.74, 6) is -0.570. The van der Waals surface area contributed by atoms with Crippen molar-refractivity contribution in [3.63, 3.8) is 0 Å². The average Bonchev–Trinajstić information content (AvgIpc) is 2.84. The molecule has 0 atom stereocenters. The van der Waals surface area contributed by atoms with Gasteiger partial charge in [-0.05, 0) is 49.8 Å². The summed E-state index contributed by atoms with van der Waals surface area (Å²) in [7, 11) is 3.65. The Hall–Kier alpha value is -2.66. The van der Waals surface area contributed by atoms with Gasteiger partial charge in [0.1, 0.15) is 0 Å². The number of hydrogen-bond acceptors (Lipinski definition) is 4. The molecule has 0 aliphatic carbocycles. The molecule has 3 rings (SSSR count). The van der Waals surface area contributed by atoms with Gasteiger partial charge in [0.25, 0.3) is 11.8 Å². The van der Waals surface area contributed by atoms with E-state index in [4.69, 9.17) is 0 Å². The quantitative estimate of drug-likeness (QED) is 0.859. The van der Waals surface area contributed by atoms with Crippen LogP contribution in [0.3, 0.4) is 0 Å². The molecule has 0 radical (unpaired) electrons. The summed E-state index contributed by atoms with van der Waals surface area (Å²) in [5.41, 5.74) is 2.91. The standard InChI is InChI=1S/C18H19N3O2/c1-19-12-11-13-7-9-14(10-8-13)20(2)21-17(22)15-5-3-4-6-16(15)18(21)23/h3-10,19H,11-12H2,1-2H3.